The van der Waals surface area contributed by atoms with Crippen LogP contribution in [0.15, 0.2) is 41.3 Å². The van der Waals surface area contributed by atoms with Gasteiger partial charge in [-0.2, -0.15) is 0 Å². The predicted octanol–water partition coefficient (Wildman–Crippen LogP) is 4.73. The first-order valence-corrected chi connectivity index (χ1v) is 9.24. The van der Waals surface area contributed by atoms with Gasteiger partial charge in [0.2, 0.25) is 0 Å². The number of aryl methyl sites for hydroxylation is 2. The van der Waals surface area contributed by atoms with E-state index in [0.29, 0.717) is 20.7 Å². The Balaban J connectivity index is 1.93. The van der Waals surface area contributed by atoms with Crippen LogP contribution in [-0.2, 0) is 4.79 Å². The highest BCUT2D eigenvalue weighted by Gasteiger charge is 2.33. The van der Waals surface area contributed by atoms with Crippen molar-refractivity contribution in [1.82, 2.24) is 0 Å². The van der Waals surface area contributed by atoms with E-state index >= 15 is 0 Å². The number of nitrogens with zero attached hydrogens (tertiary/aromatic N) is 1. The molecule has 0 aliphatic carbocycles. The van der Waals surface area contributed by atoms with Gasteiger partial charge in [0.05, 0.1) is 24.8 Å². The summed E-state index contributed by atoms with van der Waals surface area (Å²) in [5.41, 5.74) is 3.95. The molecule has 0 bridgehead atoms. The zero-order chi connectivity index (χ0) is 18.8. The molecule has 2 aromatic rings. The van der Waals surface area contributed by atoms with Crippen molar-refractivity contribution in [3.05, 3.63) is 58.0 Å². The number of hydrogen-bond donors (Lipinski definition) is 0. The number of methoxy groups -OCH3 is 2. The van der Waals surface area contributed by atoms with Crippen molar-refractivity contribution < 1.29 is 14.3 Å². The first-order valence-electron chi connectivity index (χ1n) is 8.02. The topological polar surface area (TPSA) is 38.8 Å². The molecule has 3 rings (SSSR count). The van der Waals surface area contributed by atoms with Crippen LogP contribution in [0.2, 0.25) is 0 Å². The molecule has 2 aromatic carbocycles. The van der Waals surface area contributed by atoms with Gasteiger partial charge in [-0.05, 0) is 60.9 Å². The number of thiocarbonyl (C=S) groups is 1. The van der Waals surface area contributed by atoms with Crippen LogP contribution in [0.5, 0.6) is 11.5 Å². The zero-order valence-electron chi connectivity index (χ0n) is 15.0. The summed E-state index contributed by atoms with van der Waals surface area (Å²) < 4.78 is 11.1. The Morgan fingerprint density at radius 3 is 2.38 bits per heavy atom. The van der Waals surface area contributed by atoms with Gasteiger partial charge in [-0.15, -0.1) is 0 Å². The van der Waals surface area contributed by atoms with E-state index in [-0.39, 0.29) is 5.91 Å². The van der Waals surface area contributed by atoms with Crippen molar-refractivity contribution in [2.45, 2.75) is 13.8 Å². The molecule has 4 nitrogen and oxygen atoms in total. The fraction of sp³-hybridized carbons (Fsp3) is 0.200. The highest BCUT2D eigenvalue weighted by atomic mass is 32.2. The maximum absolute atomic E-state index is 12.9. The SMILES string of the molecule is COc1ccc(/C=C2/SC(=S)N(c3ccc(C)c(C)c3)C2=O)cc1OC. The van der Waals surface area contributed by atoms with E-state index in [0.717, 1.165) is 16.8 Å². The summed E-state index contributed by atoms with van der Waals surface area (Å²) in [6.07, 6.45) is 1.82. The number of amides is 1. The molecule has 1 aliphatic heterocycles. The molecule has 134 valence electrons. The zero-order valence-corrected chi connectivity index (χ0v) is 16.7. The highest BCUT2D eigenvalue weighted by molar-refractivity contribution is 8.27. The molecule has 0 saturated carbocycles. The molecule has 26 heavy (non-hydrogen) atoms. The average molecular weight is 386 g/mol. The van der Waals surface area contributed by atoms with Gasteiger partial charge in [-0.3, -0.25) is 9.69 Å². The van der Waals surface area contributed by atoms with E-state index < -0.39 is 0 Å². The van der Waals surface area contributed by atoms with Crippen molar-refractivity contribution in [3.8, 4) is 11.5 Å². The van der Waals surface area contributed by atoms with E-state index in [1.54, 1.807) is 19.1 Å². The first-order chi connectivity index (χ1) is 12.4. The van der Waals surface area contributed by atoms with Crippen molar-refractivity contribution in [2.24, 2.45) is 0 Å². The Morgan fingerprint density at radius 1 is 1.00 bits per heavy atom. The smallest absolute Gasteiger partial charge is 0.270 e. The lowest BCUT2D eigenvalue weighted by atomic mass is 10.1. The summed E-state index contributed by atoms with van der Waals surface area (Å²) in [5.74, 6) is 1.15. The lowest BCUT2D eigenvalue weighted by Crippen LogP contribution is -2.27. The number of carbonyl (C=O) groups is 1. The molecule has 1 heterocycles. The number of anilines is 1. The molecule has 0 spiro atoms. The molecular weight excluding hydrogens is 366 g/mol. The molecule has 0 aromatic heterocycles. The van der Waals surface area contributed by atoms with Crippen LogP contribution in [0.4, 0.5) is 5.69 Å². The van der Waals surface area contributed by atoms with Crippen LogP contribution >= 0.6 is 24.0 Å². The van der Waals surface area contributed by atoms with Gasteiger partial charge in [0, 0.05) is 0 Å². The number of rotatable bonds is 4. The number of ether oxygens (including phenoxy) is 2. The molecule has 0 atom stereocenters. The fourth-order valence-electron chi connectivity index (χ4n) is 2.65. The third kappa shape index (κ3) is 3.48. The monoisotopic (exact) mass is 385 g/mol. The molecule has 1 fully saturated rings. The van der Waals surface area contributed by atoms with Crippen LogP contribution in [-0.4, -0.2) is 24.4 Å². The maximum Gasteiger partial charge on any atom is 0.270 e. The molecule has 0 N–H and O–H groups in total. The van der Waals surface area contributed by atoms with Crippen molar-refractivity contribution >= 4 is 46.0 Å². The van der Waals surface area contributed by atoms with E-state index in [1.165, 1.54) is 17.3 Å². The van der Waals surface area contributed by atoms with Crippen molar-refractivity contribution in [2.75, 3.05) is 19.1 Å². The predicted molar refractivity (Wildman–Crippen MR) is 111 cm³/mol. The van der Waals surface area contributed by atoms with Gasteiger partial charge in [0.1, 0.15) is 0 Å². The summed E-state index contributed by atoms with van der Waals surface area (Å²) in [4.78, 5) is 15.1. The normalized spacial score (nSPS) is 15.7. The second-order valence-electron chi connectivity index (χ2n) is 5.90. The van der Waals surface area contributed by atoms with Crippen LogP contribution < -0.4 is 14.4 Å². The Bertz CT molecular complexity index is 921. The molecule has 6 heteroatoms. The van der Waals surface area contributed by atoms with Crippen molar-refractivity contribution in [1.29, 1.82) is 0 Å². The first kappa shape index (κ1) is 18.5. The Hall–Kier alpha value is -2.31. The third-order valence-electron chi connectivity index (χ3n) is 4.25. The third-order valence-corrected chi connectivity index (χ3v) is 5.55. The molecule has 1 aliphatic rings. The van der Waals surface area contributed by atoms with E-state index in [1.807, 2.05) is 56.3 Å². The lowest BCUT2D eigenvalue weighted by molar-refractivity contribution is -0.113. The minimum atomic E-state index is -0.113. The highest BCUT2D eigenvalue weighted by Crippen LogP contribution is 2.37. The second-order valence-corrected chi connectivity index (χ2v) is 7.58. The number of benzene rings is 2. The quantitative estimate of drug-likeness (QED) is 0.562. The largest absolute Gasteiger partial charge is 0.493 e. The van der Waals surface area contributed by atoms with Crippen molar-refractivity contribution in [3.63, 3.8) is 0 Å². The van der Waals surface area contributed by atoms with Gasteiger partial charge in [0.15, 0.2) is 15.8 Å². The Kier molecular flexibility index (Phi) is 5.34. The molecule has 0 radical (unpaired) electrons. The van der Waals surface area contributed by atoms with E-state index in [2.05, 4.69) is 0 Å². The number of hydrogen-bond acceptors (Lipinski definition) is 5. The summed E-state index contributed by atoms with van der Waals surface area (Å²) in [6, 6.07) is 11.4. The maximum atomic E-state index is 12.9. The lowest BCUT2D eigenvalue weighted by Gasteiger charge is -2.16. The summed E-state index contributed by atoms with van der Waals surface area (Å²) in [7, 11) is 3.17. The van der Waals surface area contributed by atoms with Gasteiger partial charge in [-0.1, -0.05) is 36.1 Å². The Labute approximate surface area is 162 Å². The number of thioether (sulfide) groups is 1. The minimum Gasteiger partial charge on any atom is -0.493 e. The molecular formula is C20H19NO3S2. The van der Waals surface area contributed by atoms with Gasteiger partial charge < -0.3 is 9.47 Å². The second kappa shape index (κ2) is 7.51. The van der Waals surface area contributed by atoms with Crippen LogP contribution in [0, 0.1) is 13.8 Å². The summed E-state index contributed by atoms with van der Waals surface area (Å²) in [6.45, 7) is 4.07. The van der Waals surface area contributed by atoms with Crippen LogP contribution in [0.1, 0.15) is 16.7 Å². The molecule has 1 saturated heterocycles. The standard InChI is InChI=1S/C20H19NO3S2/c1-12-5-7-15(9-13(12)2)21-19(22)18(26-20(21)25)11-14-6-8-16(23-3)17(10-14)24-4/h5-11H,1-4H3/b18-11+. The fourth-order valence-corrected chi connectivity index (χ4v) is 3.95. The van der Waals surface area contributed by atoms with Gasteiger partial charge >= 0.3 is 0 Å². The number of carbonyl (C=O) groups excluding carboxylic acids is 1. The van der Waals surface area contributed by atoms with Gasteiger partial charge in [-0.25, -0.2) is 0 Å². The molecule has 0 unspecified atom stereocenters. The Morgan fingerprint density at radius 2 is 1.73 bits per heavy atom. The summed E-state index contributed by atoms with van der Waals surface area (Å²) >= 11 is 6.74. The van der Waals surface area contributed by atoms with Crippen LogP contribution in [0.25, 0.3) is 6.08 Å². The average Bonchev–Trinajstić information content (AvgIpc) is 2.91. The van der Waals surface area contributed by atoms with E-state index in [9.17, 15) is 4.79 Å². The van der Waals surface area contributed by atoms with E-state index in [4.69, 9.17) is 21.7 Å². The van der Waals surface area contributed by atoms with Crippen LogP contribution in [0.3, 0.4) is 0 Å². The minimum absolute atomic E-state index is 0.113. The van der Waals surface area contributed by atoms with Gasteiger partial charge in [0.25, 0.3) is 5.91 Å². The summed E-state index contributed by atoms with van der Waals surface area (Å²) in [5, 5.41) is 0. The molecule has 1 amide bonds.